The topological polar surface area (TPSA) is 92.4 Å². The zero-order chi connectivity index (χ0) is 11.6. The molecule has 0 aromatic heterocycles. The van der Waals surface area contributed by atoms with E-state index in [1.807, 2.05) is 6.92 Å². The minimum Gasteiger partial charge on any atom is -0.480 e. The maximum atomic E-state index is 9.96. The van der Waals surface area contributed by atoms with Crippen LogP contribution in [0, 0.1) is 0 Å². The van der Waals surface area contributed by atoms with Crippen LogP contribution in [0.25, 0.3) is 0 Å². The van der Waals surface area contributed by atoms with Crippen molar-refractivity contribution < 1.29 is 14.7 Å². The van der Waals surface area contributed by atoms with Crippen LogP contribution in [-0.4, -0.2) is 23.0 Å². The van der Waals surface area contributed by atoms with Crippen LogP contribution < -0.4 is 11.1 Å². The van der Waals surface area contributed by atoms with Gasteiger partial charge in [-0.1, -0.05) is 19.9 Å². The highest BCUT2D eigenvalue weighted by atomic mass is 16.4. The molecule has 0 aliphatic heterocycles. The summed E-state index contributed by atoms with van der Waals surface area (Å²) < 4.78 is 0. The Morgan fingerprint density at radius 3 is 2.21 bits per heavy atom. The van der Waals surface area contributed by atoms with Crippen LogP contribution in [0.5, 0.6) is 0 Å². The fourth-order valence-electron chi connectivity index (χ4n) is 0.578. The van der Waals surface area contributed by atoms with Gasteiger partial charge in [-0.15, -0.1) is 0 Å². The normalized spacial score (nSPS) is 10.5. The van der Waals surface area contributed by atoms with Gasteiger partial charge in [-0.2, -0.15) is 0 Å². The maximum Gasteiger partial charge on any atom is 0.320 e. The molecule has 0 aliphatic carbocycles. The van der Waals surface area contributed by atoms with Gasteiger partial charge in [0.15, 0.2) is 0 Å². The highest BCUT2D eigenvalue weighted by molar-refractivity contribution is 5.73. The Labute approximate surface area is 84.0 Å². The molecule has 0 heterocycles. The summed E-state index contributed by atoms with van der Waals surface area (Å²) in [6.45, 7) is 6.61. The minimum absolute atomic E-state index is 0.0787. The summed E-state index contributed by atoms with van der Waals surface area (Å²) in [4.78, 5) is 19.8. The summed E-state index contributed by atoms with van der Waals surface area (Å²) in [5.74, 6) is -0.989. The number of hydrogen-bond donors (Lipinski definition) is 3. The summed E-state index contributed by atoms with van der Waals surface area (Å²) in [6.07, 6.45) is 2.74. The summed E-state index contributed by atoms with van der Waals surface area (Å²) >= 11 is 0. The summed E-state index contributed by atoms with van der Waals surface area (Å²) in [7, 11) is 0. The van der Waals surface area contributed by atoms with Gasteiger partial charge < -0.3 is 16.2 Å². The van der Waals surface area contributed by atoms with Crippen molar-refractivity contribution in [3.63, 3.8) is 0 Å². The lowest BCUT2D eigenvalue weighted by molar-refractivity contribution is -0.138. The van der Waals surface area contributed by atoms with E-state index in [0.29, 0.717) is 6.42 Å². The third kappa shape index (κ3) is 13.2. The van der Waals surface area contributed by atoms with Crippen LogP contribution in [0.2, 0.25) is 0 Å². The molecule has 0 fully saturated rings. The first-order valence-corrected chi connectivity index (χ1v) is 4.32. The first-order valence-electron chi connectivity index (χ1n) is 4.32. The van der Waals surface area contributed by atoms with Crippen molar-refractivity contribution in [3.8, 4) is 0 Å². The summed E-state index contributed by atoms with van der Waals surface area (Å²) in [6, 6.07) is -0.667. The number of carbonyl (C=O) groups excluding carboxylic acids is 1. The zero-order valence-corrected chi connectivity index (χ0v) is 8.62. The highest BCUT2D eigenvalue weighted by Gasteiger charge is 2.07. The Balaban J connectivity index is 0. The van der Waals surface area contributed by atoms with E-state index in [1.165, 1.54) is 13.1 Å². The SMILES string of the molecule is C=CNC(C)=O.CCCC(N)C(=O)O. The Morgan fingerprint density at radius 2 is 2.14 bits per heavy atom. The van der Waals surface area contributed by atoms with E-state index in [9.17, 15) is 9.59 Å². The molecule has 0 saturated carbocycles. The summed E-state index contributed by atoms with van der Waals surface area (Å²) in [5, 5.41) is 10.5. The molecule has 0 rings (SSSR count). The molecule has 14 heavy (non-hydrogen) atoms. The van der Waals surface area contributed by atoms with Crippen LogP contribution in [0.4, 0.5) is 0 Å². The van der Waals surface area contributed by atoms with Crippen molar-refractivity contribution in [1.82, 2.24) is 5.32 Å². The Bertz CT molecular complexity index is 192. The Morgan fingerprint density at radius 1 is 1.64 bits per heavy atom. The van der Waals surface area contributed by atoms with Crippen LogP contribution in [0.15, 0.2) is 12.8 Å². The quantitative estimate of drug-likeness (QED) is 0.617. The predicted octanol–water partition coefficient (Wildman–Crippen LogP) is 0.464. The number of rotatable bonds is 4. The van der Waals surface area contributed by atoms with Gasteiger partial charge in [-0.3, -0.25) is 9.59 Å². The lowest BCUT2D eigenvalue weighted by Crippen LogP contribution is -2.29. The van der Waals surface area contributed by atoms with Gasteiger partial charge in [-0.05, 0) is 12.6 Å². The number of aliphatic carboxylic acids is 1. The van der Waals surface area contributed by atoms with E-state index >= 15 is 0 Å². The van der Waals surface area contributed by atoms with Crippen LogP contribution in [0.3, 0.4) is 0 Å². The molecule has 82 valence electrons. The molecular weight excluding hydrogens is 184 g/mol. The number of amides is 1. The van der Waals surface area contributed by atoms with Crippen LogP contribution in [0.1, 0.15) is 26.7 Å². The number of carboxylic acid groups (broad SMARTS) is 1. The van der Waals surface area contributed by atoms with Crippen molar-refractivity contribution in [2.45, 2.75) is 32.7 Å². The van der Waals surface area contributed by atoms with Crippen molar-refractivity contribution in [2.24, 2.45) is 5.73 Å². The van der Waals surface area contributed by atoms with Crippen LogP contribution in [-0.2, 0) is 9.59 Å². The van der Waals surface area contributed by atoms with E-state index in [0.717, 1.165) is 6.42 Å². The van der Waals surface area contributed by atoms with Gasteiger partial charge in [-0.25, -0.2) is 0 Å². The average molecular weight is 202 g/mol. The molecule has 5 heteroatoms. The van der Waals surface area contributed by atoms with E-state index in [1.54, 1.807) is 0 Å². The predicted molar refractivity (Wildman–Crippen MR) is 54.5 cm³/mol. The fourth-order valence-corrected chi connectivity index (χ4v) is 0.578. The van der Waals surface area contributed by atoms with Gasteiger partial charge in [0, 0.05) is 6.92 Å². The Kier molecular flexibility index (Phi) is 10.5. The van der Waals surface area contributed by atoms with Crippen molar-refractivity contribution in [3.05, 3.63) is 12.8 Å². The molecule has 4 N–H and O–H groups in total. The smallest absolute Gasteiger partial charge is 0.320 e. The lowest BCUT2D eigenvalue weighted by Gasteiger charge is -2.00. The molecule has 1 atom stereocenters. The van der Waals surface area contributed by atoms with Gasteiger partial charge in [0.2, 0.25) is 5.91 Å². The average Bonchev–Trinajstić information content (AvgIpc) is 2.05. The van der Waals surface area contributed by atoms with Gasteiger partial charge >= 0.3 is 5.97 Å². The Hall–Kier alpha value is -1.36. The third-order valence-electron chi connectivity index (χ3n) is 1.22. The van der Waals surface area contributed by atoms with Crippen molar-refractivity contribution >= 4 is 11.9 Å². The number of nitrogens with two attached hydrogens (primary N) is 1. The minimum atomic E-state index is -0.910. The maximum absolute atomic E-state index is 9.96. The molecular formula is C9H18N2O3. The largest absolute Gasteiger partial charge is 0.480 e. The van der Waals surface area contributed by atoms with Crippen molar-refractivity contribution in [2.75, 3.05) is 0 Å². The van der Waals surface area contributed by atoms with Gasteiger partial charge in [0.1, 0.15) is 6.04 Å². The number of carbonyl (C=O) groups is 2. The highest BCUT2D eigenvalue weighted by Crippen LogP contribution is 1.91. The molecule has 5 nitrogen and oxygen atoms in total. The molecule has 0 aromatic rings. The molecule has 0 aromatic carbocycles. The lowest BCUT2D eigenvalue weighted by atomic mass is 10.2. The molecule has 0 radical (unpaired) electrons. The van der Waals surface area contributed by atoms with E-state index < -0.39 is 12.0 Å². The second-order valence-corrected chi connectivity index (χ2v) is 2.64. The van der Waals surface area contributed by atoms with E-state index in [4.69, 9.17) is 10.8 Å². The molecule has 1 amide bonds. The first kappa shape index (κ1) is 15.1. The van der Waals surface area contributed by atoms with Crippen molar-refractivity contribution in [1.29, 1.82) is 0 Å². The number of nitrogens with one attached hydrogen (secondary N) is 1. The van der Waals surface area contributed by atoms with E-state index in [2.05, 4.69) is 11.9 Å². The monoisotopic (exact) mass is 202 g/mol. The fraction of sp³-hybridized carbons (Fsp3) is 0.556. The molecule has 0 saturated heterocycles. The second kappa shape index (κ2) is 9.73. The second-order valence-electron chi connectivity index (χ2n) is 2.64. The van der Waals surface area contributed by atoms with Crippen LogP contribution >= 0.6 is 0 Å². The molecule has 1 unspecified atom stereocenters. The standard InChI is InChI=1S/C5H11NO2.C4H7NO/c1-2-3-4(6)5(7)8;1-3-5-4(2)6/h4H,2-3,6H2,1H3,(H,7,8);3H,1H2,2H3,(H,5,6). The van der Waals surface area contributed by atoms with Gasteiger partial charge in [0.25, 0.3) is 0 Å². The third-order valence-corrected chi connectivity index (χ3v) is 1.22. The molecule has 0 spiro atoms. The summed E-state index contributed by atoms with van der Waals surface area (Å²) in [5.41, 5.74) is 5.13. The first-order chi connectivity index (χ1) is 6.45. The van der Waals surface area contributed by atoms with E-state index in [-0.39, 0.29) is 5.91 Å². The zero-order valence-electron chi connectivity index (χ0n) is 8.62. The number of carboxylic acids is 1. The van der Waals surface area contributed by atoms with Gasteiger partial charge in [0.05, 0.1) is 0 Å². The number of hydrogen-bond acceptors (Lipinski definition) is 3. The molecule has 0 bridgehead atoms. The molecule has 0 aliphatic rings.